The molecule has 1 aliphatic rings. The zero-order valence-electron chi connectivity index (χ0n) is 16.9. The quantitative estimate of drug-likeness (QED) is 0.750. The highest BCUT2D eigenvalue weighted by Crippen LogP contribution is 2.23. The molecule has 0 saturated carbocycles. The molecule has 0 aromatic heterocycles. The first-order valence-corrected chi connectivity index (χ1v) is 11.7. The van der Waals surface area contributed by atoms with E-state index in [1.54, 1.807) is 31.4 Å². The summed E-state index contributed by atoms with van der Waals surface area (Å²) in [5.41, 5.74) is 2.84. The molecule has 0 bridgehead atoms. The Balaban J connectivity index is 1.50. The summed E-state index contributed by atoms with van der Waals surface area (Å²) < 4.78 is 28.5. The van der Waals surface area contributed by atoms with Gasteiger partial charge in [-0.2, -0.15) is 0 Å². The fraction of sp³-hybridized carbons (Fsp3) is 0.409. The largest absolute Gasteiger partial charge is 0.380 e. The average molecular weight is 417 g/mol. The van der Waals surface area contributed by atoms with Gasteiger partial charge in [0.15, 0.2) is 9.84 Å². The molecule has 1 fully saturated rings. The lowest BCUT2D eigenvalue weighted by Crippen LogP contribution is -2.39. The summed E-state index contributed by atoms with van der Waals surface area (Å²) in [6, 6.07) is 14.6. The SMILES string of the molecule is COC1CCCN(c2ccc(NC(=O)CCc3ccc(S(C)(=O)=O)cc3)cc2)C1. The van der Waals surface area contributed by atoms with Crippen LogP contribution >= 0.6 is 0 Å². The summed E-state index contributed by atoms with van der Waals surface area (Å²) in [6.07, 6.45) is 4.55. The lowest BCUT2D eigenvalue weighted by Gasteiger charge is -2.33. The Hall–Kier alpha value is -2.38. The molecular weight excluding hydrogens is 388 g/mol. The van der Waals surface area contributed by atoms with E-state index in [0.717, 1.165) is 42.9 Å². The number of nitrogens with zero attached hydrogens (tertiary/aromatic N) is 1. The first-order valence-electron chi connectivity index (χ1n) is 9.82. The third-order valence-electron chi connectivity index (χ3n) is 5.22. The molecular formula is C22H28N2O4S. The highest BCUT2D eigenvalue weighted by atomic mass is 32.2. The minimum absolute atomic E-state index is 0.0673. The summed E-state index contributed by atoms with van der Waals surface area (Å²) in [7, 11) is -1.44. The molecule has 3 rings (SSSR count). The zero-order chi connectivity index (χ0) is 20.9. The van der Waals surface area contributed by atoms with E-state index in [1.807, 2.05) is 24.3 Å². The molecule has 29 heavy (non-hydrogen) atoms. The van der Waals surface area contributed by atoms with Crippen molar-refractivity contribution in [3.8, 4) is 0 Å². The van der Waals surface area contributed by atoms with Crippen LogP contribution in [0.1, 0.15) is 24.8 Å². The van der Waals surface area contributed by atoms with Gasteiger partial charge in [-0.25, -0.2) is 8.42 Å². The molecule has 1 aliphatic heterocycles. The lowest BCUT2D eigenvalue weighted by molar-refractivity contribution is -0.116. The molecule has 2 aromatic rings. The second-order valence-electron chi connectivity index (χ2n) is 7.46. The maximum absolute atomic E-state index is 12.2. The molecule has 7 heteroatoms. The number of hydrogen-bond acceptors (Lipinski definition) is 5. The molecule has 0 radical (unpaired) electrons. The van der Waals surface area contributed by atoms with Crippen LogP contribution in [0, 0.1) is 0 Å². The smallest absolute Gasteiger partial charge is 0.224 e. The normalized spacial score (nSPS) is 17.2. The summed E-state index contributed by atoms with van der Waals surface area (Å²) in [5.74, 6) is -0.0673. The molecule has 1 N–H and O–H groups in total. The Morgan fingerprint density at radius 2 is 1.83 bits per heavy atom. The number of nitrogens with one attached hydrogen (secondary N) is 1. The monoisotopic (exact) mass is 416 g/mol. The van der Waals surface area contributed by atoms with E-state index >= 15 is 0 Å². The maximum Gasteiger partial charge on any atom is 0.224 e. The van der Waals surface area contributed by atoms with E-state index in [4.69, 9.17) is 4.74 Å². The highest BCUT2D eigenvalue weighted by Gasteiger charge is 2.19. The number of piperidine rings is 1. The molecule has 1 amide bonds. The number of amides is 1. The molecule has 1 heterocycles. The van der Waals surface area contributed by atoms with Crippen LogP contribution in [0.2, 0.25) is 0 Å². The Kier molecular flexibility index (Phi) is 6.92. The Bertz CT molecular complexity index is 924. The van der Waals surface area contributed by atoms with E-state index in [0.29, 0.717) is 12.8 Å². The number of aryl methyl sites for hydroxylation is 1. The van der Waals surface area contributed by atoms with Gasteiger partial charge in [0, 0.05) is 44.3 Å². The number of ether oxygens (including phenoxy) is 1. The highest BCUT2D eigenvalue weighted by molar-refractivity contribution is 7.90. The van der Waals surface area contributed by atoms with E-state index in [2.05, 4.69) is 10.2 Å². The Labute approximate surface area is 172 Å². The number of methoxy groups -OCH3 is 1. The van der Waals surface area contributed by atoms with Crippen molar-refractivity contribution in [2.45, 2.75) is 36.7 Å². The van der Waals surface area contributed by atoms with Crippen LogP contribution in [0.15, 0.2) is 53.4 Å². The Morgan fingerprint density at radius 1 is 1.14 bits per heavy atom. The van der Waals surface area contributed by atoms with E-state index in [-0.39, 0.29) is 16.9 Å². The molecule has 2 aromatic carbocycles. The van der Waals surface area contributed by atoms with Crippen molar-refractivity contribution in [2.24, 2.45) is 0 Å². The van der Waals surface area contributed by atoms with Crippen LogP contribution in [-0.2, 0) is 25.8 Å². The van der Waals surface area contributed by atoms with Crippen molar-refractivity contribution in [1.82, 2.24) is 0 Å². The van der Waals surface area contributed by atoms with Crippen LogP contribution in [0.25, 0.3) is 0 Å². The van der Waals surface area contributed by atoms with Crippen molar-refractivity contribution in [2.75, 3.05) is 36.7 Å². The number of sulfone groups is 1. The van der Waals surface area contributed by atoms with Gasteiger partial charge in [0.1, 0.15) is 0 Å². The maximum atomic E-state index is 12.2. The number of rotatable bonds is 7. The van der Waals surface area contributed by atoms with Gasteiger partial charge in [0.05, 0.1) is 11.0 Å². The van der Waals surface area contributed by atoms with Crippen LogP contribution < -0.4 is 10.2 Å². The predicted octanol–water partition coefficient (Wildman–Crippen LogP) is 3.28. The average Bonchev–Trinajstić information content (AvgIpc) is 2.72. The van der Waals surface area contributed by atoms with Crippen LogP contribution in [0.5, 0.6) is 0 Å². The van der Waals surface area contributed by atoms with Crippen LogP contribution in [0.3, 0.4) is 0 Å². The molecule has 156 valence electrons. The summed E-state index contributed by atoms with van der Waals surface area (Å²) in [4.78, 5) is 14.8. The fourth-order valence-corrected chi connectivity index (χ4v) is 4.14. The number of carbonyl (C=O) groups excluding carboxylic acids is 1. The van der Waals surface area contributed by atoms with Gasteiger partial charge in [-0.15, -0.1) is 0 Å². The topological polar surface area (TPSA) is 75.7 Å². The second-order valence-corrected chi connectivity index (χ2v) is 9.47. The summed E-state index contributed by atoms with van der Waals surface area (Å²) in [5, 5.41) is 2.92. The fourth-order valence-electron chi connectivity index (χ4n) is 3.51. The number of hydrogen-bond donors (Lipinski definition) is 1. The van der Waals surface area contributed by atoms with Crippen molar-refractivity contribution in [1.29, 1.82) is 0 Å². The van der Waals surface area contributed by atoms with Gasteiger partial charge >= 0.3 is 0 Å². The van der Waals surface area contributed by atoms with Crippen molar-refractivity contribution in [3.63, 3.8) is 0 Å². The van der Waals surface area contributed by atoms with Gasteiger partial charge in [-0.3, -0.25) is 4.79 Å². The minimum Gasteiger partial charge on any atom is -0.380 e. The molecule has 1 unspecified atom stereocenters. The molecule has 6 nitrogen and oxygen atoms in total. The first-order chi connectivity index (χ1) is 13.8. The number of benzene rings is 2. The van der Waals surface area contributed by atoms with E-state index < -0.39 is 9.84 Å². The molecule has 0 aliphatic carbocycles. The third-order valence-corrected chi connectivity index (χ3v) is 6.35. The standard InChI is InChI=1S/C22H28N2O4S/c1-28-20-4-3-15-24(16-20)19-10-8-18(9-11-19)23-22(25)14-7-17-5-12-21(13-6-17)29(2,26)27/h5-6,8-13,20H,3-4,7,14-16H2,1-2H3,(H,23,25). The van der Waals surface area contributed by atoms with Gasteiger partial charge in [-0.05, 0) is 61.2 Å². The van der Waals surface area contributed by atoms with Gasteiger partial charge in [-0.1, -0.05) is 12.1 Å². The van der Waals surface area contributed by atoms with Gasteiger partial charge < -0.3 is 15.0 Å². The first kappa shape index (κ1) is 21.3. The Morgan fingerprint density at radius 3 is 2.45 bits per heavy atom. The summed E-state index contributed by atoms with van der Waals surface area (Å²) >= 11 is 0. The van der Waals surface area contributed by atoms with E-state index in [1.165, 1.54) is 6.26 Å². The molecule has 0 spiro atoms. The van der Waals surface area contributed by atoms with Gasteiger partial charge in [0.2, 0.25) is 5.91 Å². The summed E-state index contributed by atoms with van der Waals surface area (Å²) in [6.45, 7) is 1.91. The van der Waals surface area contributed by atoms with Crippen molar-refractivity contribution in [3.05, 3.63) is 54.1 Å². The third kappa shape index (κ3) is 6.05. The lowest BCUT2D eigenvalue weighted by atomic mass is 10.1. The number of carbonyl (C=O) groups is 1. The number of anilines is 2. The van der Waals surface area contributed by atoms with E-state index in [9.17, 15) is 13.2 Å². The van der Waals surface area contributed by atoms with Crippen LogP contribution in [0.4, 0.5) is 11.4 Å². The molecule has 1 atom stereocenters. The minimum atomic E-state index is -3.20. The van der Waals surface area contributed by atoms with Crippen LogP contribution in [-0.4, -0.2) is 46.9 Å². The van der Waals surface area contributed by atoms with Crippen molar-refractivity contribution < 1.29 is 17.9 Å². The second kappa shape index (κ2) is 9.41. The van der Waals surface area contributed by atoms with Crippen molar-refractivity contribution >= 4 is 27.1 Å². The van der Waals surface area contributed by atoms with Gasteiger partial charge in [0.25, 0.3) is 0 Å². The zero-order valence-corrected chi connectivity index (χ0v) is 17.7. The predicted molar refractivity (Wildman–Crippen MR) is 115 cm³/mol. The molecule has 1 saturated heterocycles.